The number of rotatable bonds is 10. The minimum absolute atomic E-state index is 0.0200. The van der Waals surface area contributed by atoms with Crippen molar-refractivity contribution in [3.63, 3.8) is 0 Å². The molecule has 3 saturated carbocycles. The lowest BCUT2D eigenvalue weighted by Gasteiger charge is -2.43. The number of carbonyl (C=O) groups is 12. The summed E-state index contributed by atoms with van der Waals surface area (Å²) in [5.41, 5.74) is -2.33. The molecule has 6 aliphatic rings. The van der Waals surface area contributed by atoms with Crippen LogP contribution in [0.4, 0.5) is 13.2 Å². The molecule has 0 radical (unpaired) electrons. The van der Waals surface area contributed by atoms with Crippen molar-refractivity contribution in [3.05, 3.63) is 34.3 Å². The molecule has 100 heavy (non-hydrogen) atoms. The second-order valence-corrected chi connectivity index (χ2v) is 30.1. The summed E-state index contributed by atoms with van der Waals surface area (Å²) in [4.78, 5) is 191. The Hall–Kier alpha value is -7.06. The van der Waals surface area contributed by atoms with Crippen molar-refractivity contribution >= 4 is 82.5 Å². The van der Waals surface area contributed by atoms with Crippen LogP contribution in [-0.4, -0.2) is 251 Å². The third-order valence-corrected chi connectivity index (χ3v) is 22.5. The van der Waals surface area contributed by atoms with Crippen LogP contribution in [0.5, 0.6) is 0 Å². The van der Waals surface area contributed by atoms with Crippen LogP contribution in [0, 0.1) is 23.7 Å². The number of fused-ring (bicyclic) bond motifs is 1. The molecule has 1 unspecified atom stereocenters. The Balaban J connectivity index is 1.28. The van der Waals surface area contributed by atoms with E-state index in [2.05, 4.69) is 16.0 Å². The fraction of sp³-hybridized carbons (Fsp3) is 0.750. The summed E-state index contributed by atoms with van der Waals surface area (Å²) in [6, 6.07) is -5.54. The standard InChI is InChI=1S/C72H110ClF3N12O12/c1-12-46(4)60-68(98)82(7)43-58(91)80(5)44-59(92)83(8)54(40-47-25-16-13-17-26-47)66(96)81(6)42-56(89)77-52(33-31-48-30-32-50(51(73)39-48)72(74,75)76)65(95)88-38-24-29-53(88)63(93)79-71(34-20-21-35-71)70(100)86(11)62(49-27-18-14-19-28-49)69(99)84(9)55(67(97)87-36-22-15-23-37-87)41-57(90)85(10)61(45(2)3)64(94)78-60/h30,32,39,45-47,49,52-55,60-62H,12-29,31,33-38,40-44H2,1-11H3,(H,77,89)(H,78,94)(H,79,93)/t46-,52-,53?,54-,55-,60-,61-,62-/m0/s1. The number of hydrogen-bond donors (Lipinski definition) is 3. The van der Waals surface area contributed by atoms with Crippen molar-refractivity contribution in [3.8, 4) is 0 Å². The molecule has 7 rings (SSSR count). The third-order valence-electron chi connectivity index (χ3n) is 22.2. The van der Waals surface area contributed by atoms with E-state index in [0.717, 1.165) is 84.6 Å². The first kappa shape index (κ1) is 80.3. The number of aryl methyl sites for hydroxylation is 1. The Morgan fingerprint density at radius 2 is 1.22 bits per heavy atom. The molecule has 12 amide bonds. The fourth-order valence-corrected chi connectivity index (χ4v) is 16.2. The minimum Gasteiger partial charge on any atom is -0.343 e. The monoisotopic (exact) mass is 1430 g/mol. The van der Waals surface area contributed by atoms with Gasteiger partial charge in [0.05, 0.1) is 36.6 Å². The number of amides is 12. The molecule has 24 nitrogen and oxygen atoms in total. The van der Waals surface area contributed by atoms with Crippen molar-refractivity contribution in [1.82, 2.24) is 60.0 Å². The summed E-state index contributed by atoms with van der Waals surface area (Å²) in [5, 5.41) is 8.17. The van der Waals surface area contributed by atoms with Crippen molar-refractivity contribution < 1.29 is 70.7 Å². The van der Waals surface area contributed by atoms with Gasteiger partial charge in [0.1, 0.15) is 47.8 Å². The lowest BCUT2D eigenvalue weighted by molar-refractivity contribution is -0.157. The molecule has 3 saturated heterocycles. The number of nitrogens with one attached hydrogen (secondary N) is 3. The predicted molar refractivity (Wildman–Crippen MR) is 369 cm³/mol. The van der Waals surface area contributed by atoms with Crippen LogP contribution < -0.4 is 16.0 Å². The first-order valence-electron chi connectivity index (χ1n) is 36.4. The highest BCUT2D eigenvalue weighted by Gasteiger charge is 2.52. The lowest BCUT2D eigenvalue weighted by atomic mass is 9.81. The molecule has 558 valence electrons. The zero-order chi connectivity index (χ0) is 73.7. The number of nitrogens with zero attached hydrogens (tertiary/aromatic N) is 9. The summed E-state index contributed by atoms with van der Waals surface area (Å²) in [5.74, 6) is -9.11. The van der Waals surface area contributed by atoms with E-state index >= 15 is 28.8 Å². The van der Waals surface area contributed by atoms with Gasteiger partial charge in [-0.2, -0.15) is 13.2 Å². The maximum Gasteiger partial charge on any atom is 0.417 e. The quantitative estimate of drug-likeness (QED) is 0.242. The lowest BCUT2D eigenvalue weighted by Crippen LogP contribution is -2.65. The number of piperidine rings is 1. The number of likely N-dealkylation sites (N-methyl/N-ethyl adjacent to an activating group) is 7. The van der Waals surface area contributed by atoms with Gasteiger partial charge in [0.2, 0.25) is 70.9 Å². The van der Waals surface area contributed by atoms with Gasteiger partial charge in [-0.1, -0.05) is 116 Å². The molecule has 0 aromatic heterocycles. The Labute approximate surface area is 593 Å². The molecular weight excluding hydrogens is 1320 g/mol. The topological polar surface area (TPSA) is 270 Å². The van der Waals surface area contributed by atoms with Gasteiger partial charge in [-0.25, -0.2) is 0 Å². The molecule has 3 N–H and O–H groups in total. The molecule has 0 bridgehead atoms. The van der Waals surface area contributed by atoms with E-state index in [1.807, 2.05) is 6.92 Å². The van der Waals surface area contributed by atoms with Gasteiger partial charge < -0.3 is 60.0 Å². The van der Waals surface area contributed by atoms with E-state index in [1.165, 1.54) is 79.9 Å². The van der Waals surface area contributed by atoms with Crippen molar-refractivity contribution in [2.75, 3.05) is 88.6 Å². The largest absolute Gasteiger partial charge is 0.417 e. The molecule has 3 aliphatic carbocycles. The molecule has 1 spiro atoms. The molecule has 6 fully saturated rings. The Kier molecular flexibility index (Phi) is 28.7. The average Bonchev–Trinajstić information content (AvgIpc) is 1.50. The first-order valence-corrected chi connectivity index (χ1v) is 36.7. The number of benzene rings is 1. The van der Waals surface area contributed by atoms with Crippen LogP contribution >= 0.6 is 11.6 Å². The Bertz CT molecular complexity index is 3120. The average molecular weight is 1430 g/mol. The van der Waals surface area contributed by atoms with Crippen LogP contribution in [0.3, 0.4) is 0 Å². The SMILES string of the molecule is CC[C@H](C)[C@@H]1NC(=O)[C@H](C(C)C)N(C)C(=O)C[C@@H](C(=O)N2CCCCC2)N(C)C(=O)[C@H](C2CCCCC2)N(C)C(=O)C2(CCCC2)NC(=O)C2CCCN2C(=O)[C@H](CCc2ccc(C(F)(F)F)c(Cl)c2)NC(=O)CN(C)C(=O)[C@H](CC2CCCCC2)N(C)C(=O)CN(C)C(=O)CN(C)C1=O. The zero-order valence-corrected chi connectivity index (χ0v) is 61.5. The van der Waals surface area contributed by atoms with Gasteiger partial charge in [0.15, 0.2) is 0 Å². The fourth-order valence-electron chi connectivity index (χ4n) is 15.9. The molecular formula is C72H110ClF3N12O12. The molecule has 28 heteroatoms. The van der Waals surface area contributed by atoms with Gasteiger partial charge in [-0.3, -0.25) is 57.5 Å². The summed E-state index contributed by atoms with van der Waals surface area (Å²) in [7, 11) is 10.00. The predicted octanol–water partition coefficient (Wildman–Crippen LogP) is 6.03. The highest BCUT2D eigenvalue weighted by molar-refractivity contribution is 6.31. The van der Waals surface area contributed by atoms with Gasteiger partial charge in [-0.15, -0.1) is 0 Å². The second-order valence-electron chi connectivity index (χ2n) is 29.7. The van der Waals surface area contributed by atoms with Crippen molar-refractivity contribution in [2.45, 2.75) is 236 Å². The molecule has 3 aliphatic heterocycles. The highest BCUT2D eigenvalue weighted by atomic mass is 35.5. The first-order chi connectivity index (χ1) is 47.2. The van der Waals surface area contributed by atoms with E-state index in [-0.39, 0.29) is 51.0 Å². The Morgan fingerprint density at radius 1 is 0.620 bits per heavy atom. The molecule has 3 heterocycles. The van der Waals surface area contributed by atoms with E-state index in [1.54, 1.807) is 25.7 Å². The summed E-state index contributed by atoms with van der Waals surface area (Å²) in [6.07, 6.45) is 6.98. The van der Waals surface area contributed by atoms with Crippen molar-refractivity contribution in [1.29, 1.82) is 0 Å². The summed E-state index contributed by atoms with van der Waals surface area (Å²) in [6.45, 7) is 6.17. The van der Waals surface area contributed by atoms with Gasteiger partial charge >= 0.3 is 6.18 Å². The van der Waals surface area contributed by atoms with E-state index < -0.39 is 179 Å². The van der Waals surface area contributed by atoms with Gasteiger partial charge in [-0.05, 0) is 118 Å². The second kappa shape index (κ2) is 35.7. The number of hydrogen-bond acceptors (Lipinski definition) is 12. The minimum atomic E-state index is -4.76. The van der Waals surface area contributed by atoms with Crippen LogP contribution in [-0.2, 0) is 70.1 Å². The van der Waals surface area contributed by atoms with Crippen LogP contribution in [0.25, 0.3) is 0 Å². The number of alkyl halides is 3. The molecule has 1 aromatic rings. The zero-order valence-electron chi connectivity index (χ0n) is 60.7. The van der Waals surface area contributed by atoms with Crippen LogP contribution in [0.1, 0.15) is 187 Å². The third kappa shape index (κ3) is 19.8. The van der Waals surface area contributed by atoms with E-state index in [4.69, 9.17) is 11.6 Å². The summed E-state index contributed by atoms with van der Waals surface area (Å²) < 4.78 is 41.6. The molecule has 1 aromatic carbocycles. The summed E-state index contributed by atoms with van der Waals surface area (Å²) >= 11 is 6.16. The van der Waals surface area contributed by atoms with Crippen LogP contribution in [0.2, 0.25) is 5.02 Å². The van der Waals surface area contributed by atoms with Crippen molar-refractivity contribution in [2.24, 2.45) is 23.7 Å². The number of carbonyl (C=O) groups excluding carboxylic acids is 12. The smallest absolute Gasteiger partial charge is 0.343 e. The van der Waals surface area contributed by atoms with E-state index in [0.29, 0.717) is 70.0 Å². The maximum atomic E-state index is 15.8. The highest BCUT2D eigenvalue weighted by Crippen LogP contribution is 2.39. The number of halogens is 4. The molecule has 8 atom stereocenters. The van der Waals surface area contributed by atoms with Crippen LogP contribution in [0.15, 0.2) is 18.2 Å². The maximum absolute atomic E-state index is 15.8. The van der Waals surface area contributed by atoms with Gasteiger partial charge in [0.25, 0.3) is 0 Å². The number of likely N-dealkylation sites (tertiary alicyclic amines) is 1. The van der Waals surface area contributed by atoms with Gasteiger partial charge in [0, 0.05) is 69.0 Å². The van der Waals surface area contributed by atoms with E-state index in [9.17, 15) is 41.9 Å². The Morgan fingerprint density at radius 3 is 1.82 bits per heavy atom. The normalized spacial score (nSPS) is 26.9.